The van der Waals surface area contributed by atoms with E-state index in [2.05, 4.69) is 11.4 Å². The summed E-state index contributed by atoms with van der Waals surface area (Å²) in [5, 5.41) is 11.7. The molecule has 2 fully saturated rings. The van der Waals surface area contributed by atoms with Gasteiger partial charge in [-0.2, -0.15) is 0 Å². The van der Waals surface area contributed by atoms with Crippen molar-refractivity contribution < 1.29 is 19.5 Å². The highest BCUT2D eigenvalue weighted by atomic mass is 16.3. The Hall–Kier alpha value is -2.21. The number of nitrogens with zero attached hydrogens (tertiary/aromatic N) is 1. The van der Waals surface area contributed by atoms with Gasteiger partial charge in [-0.15, -0.1) is 0 Å². The fourth-order valence-corrected chi connectivity index (χ4v) is 4.84. The predicted octanol–water partition coefficient (Wildman–Crippen LogP) is 1.89. The van der Waals surface area contributed by atoms with Crippen LogP contribution >= 0.6 is 0 Å². The van der Waals surface area contributed by atoms with Crippen LogP contribution in [0.15, 0.2) is 18.2 Å². The molecule has 1 aromatic carbocycles. The average Bonchev–Trinajstić information content (AvgIpc) is 2.72. The van der Waals surface area contributed by atoms with E-state index >= 15 is 0 Å². The summed E-state index contributed by atoms with van der Waals surface area (Å²) < 4.78 is 0. The first-order chi connectivity index (χ1) is 13.5. The van der Waals surface area contributed by atoms with Crippen molar-refractivity contribution >= 4 is 17.7 Å². The number of aliphatic hydroxyl groups excluding tert-OH is 1. The highest BCUT2D eigenvalue weighted by Gasteiger charge is 2.32. The molecule has 150 valence electrons. The molecule has 2 N–H and O–H groups in total. The van der Waals surface area contributed by atoms with Gasteiger partial charge >= 0.3 is 0 Å². The highest BCUT2D eigenvalue weighted by Crippen LogP contribution is 2.32. The van der Waals surface area contributed by atoms with Crippen LogP contribution < -0.4 is 5.32 Å². The molecule has 0 spiro atoms. The predicted molar refractivity (Wildman–Crippen MR) is 103 cm³/mol. The molecule has 6 nitrogen and oxygen atoms in total. The summed E-state index contributed by atoms with van der Waals surface area (Å²) in [5.74, 6) is 0.0354. The van der Waals surface area contributed by atoms with E-state index in [1.54, 1.807) is 0 Å². The Morgan fingerprint density at radius 1 is 1.07 bits per heavy atom. The number of carbonyl (C=O) groups is 3. The largest absolute Gasteiger partial charge is 0.396 e. The normalized spacial score (nSPS) is 27.9. The Morgan fingerprint density at radius 2 is 1.86 bits per heavy atom. The van der Waals surface area contributed by atoms with Crippen LogP contribution in [0.2, 0.25) is 0 Å². The Balaban J connectivity index is 1.41. The molecule has 3 amide bonds. The molecule has 2 aliphatic heterocycles. The Bertz CT molecular complexity index is 783. The lowest BCUT2D eigenvalue weighted by Crippen LogP contribution is -2.41. The van der Waals surface area contributed by atoms with Crippen molar-refractivity contribution in [1.82, 2.24) is 10.2 Å². The Kier molecular flexibility index (Phi) is 5.49. The maximum Gasteiger partial charge on any atom is 0.234 e. The highest BCUT2D eigenvalue weighted by molar-refractivity contribution is 6.00. The van der Waals surface area contributed by atoms with Gasteiger partial charge in [-0.3, -0.25) is 19.7 Å². The standard InChI is InChI=1S/C22H28N2O4/c25-13-14-1-3-15(4-2-14)22(28)24-10-9-16-11-17(5-6-18(16)12-24)19-7-8-20(26)23-21(19)27/h5-6,11,14-15,19,25H,1-4,7-10,12-13H2,(H,23,26,27)/t14?,15?,19-/m1/s1. The number of hydrogen-bond donors (Lipinski definition) is 2. The molecule has 0 unspecified atom stereocenters. The molecule has 1 saturated heterocycles. The van der Waals surface area contributed by atoms with Crippen LogP contribution in [0.4, 0.5) is 0 Å². The summed E-state index contributed by atoms with van der Waals surface area (Å²) in [6, 6.07) is 6.10. The second-order valence-electron chi connectivity index (χ2n) is 8.44. The van der Waals surface area contributed by atoms with Crippen molar-refractivity contribution in [1.29, 1.82) is 0 Å². The van der Waals surface area contributed by atoms with Crippen molar-refractivity contribution in [2.75, 3.05) is 13.2 Å². The van der Waals surface area contributed by atoms with E-state index in [0.717, 1.165) is 43.2 Å². The third kappa shape index (κ3) is 3.83. The lowest BCUT2D eigenvalue weighted by Gasteiger charge is -2.35. The summed E-state index contributed by atoms with van der Waals surface area (Å²) in [7, 11) is 0. The minimum atomic E-state index is -0.260. The van der Waals surface area contributed by atoms with Gasteiger partial charge in [0.1, 0.15) is 0 Å². The molecule has 28 heavy (non-hydrogen) atoms. The zero-order valence-corrected chi connectivity index (χ0v) is 16.2. The molecule has 0 aromatic heterocycles. The first-order valence-corrected chi connectivity index (χ1v) is 10.4. The van der Waals surface area contributed by atoms with Gasteiger partial charge in [-0.05, 0) is 61.1 Å². The quantitative estimate of drug-likeness (QED) is 0.779. The third-order valence-corrected chi connectivity index (χ3v) is 6.65. The maximum atomic E-state index is 12.9. The number of benzene rings is 1. The molecular formula is C22H28N2O4. The Labute approximate surface area is 165 Å². The number of imide groups is 1. The second kappa shape index (κ2) is 8.03. The summed E-state index contributed by atoms with van der Waals surface area (Å²) in [5.41, 5.74) is 3.32. The molecule has 0 radical (unpaired) electrons. The topological polar surface area (TPSA) is 86.7 Å². The van der Waals surface area contributed by atoms with Crippen LogP contribution in [-0.2, 0) is 27.3 Å². The molecule has 3 aliphatic rings. The molecular weight excluding hydrogens is 356 g/mol. The van der Waals surface area contributed by atoms with Crippen molar-refractivity contribution in [2.45, 2.75) is 57.4 Å². The van der Waals surface area contributed by atoms with Crippen molar-refractivity contribution in [3.8, 4) is 0 Å². The number of hydrogen-bond acceptors (Lipinski definition) is 4. The second-order valence-corrected chi connectivity index (χ2v) is 8.44. The van der Waals surface area contributed by atoms with Gasteiger partial charge in [0, 0.05) is 32.0 Å². The lowest BCUT2D eigenvalue weighted by atomic mass is 9.81. The van der Waals surface area contributed by atoms with Crippen molar-refractivity contribution in [3.05, 3.63) is 34.9 Å². The smallest absolute Gasteiger partial charge is 0.234 e. The van der Waals surface area contributed by atoms with E-state index in [4.69, 9.17) is 0 Å². The molecule has 1 atom stereocenters. The number of rotatable bonds is 3. The zero-order valence-electron chi connectivity index (χ0n) is 16.2. The molecule has 1 aromatic rings. The fourth-order valence-electron chi connectivity index (χ4n) is 4.84. The van der Waals surface area contributed by atoms with Gasteiger partial charge in [0.15, 0.2) is 0 Å². The van der Waals surface area contributed by atoms with E-state index in [0.29, 0.717) is 31.8 Å². The van der Waals surface area contributed by atoms with Crippen molar-refractivity contribution in [3.63, 3.8) is 0 Å². The van der Waals surface area contributed by atoms with E-state index < -0.39 is 0 Å². The van der Waals surface area contributed by atoms with E-state index in [1.165, 1.54) is 5.56 Å². The summed E-state index contributed by atoms with van der Waals surface area (Å²) in [6.45, 7) is 1.57. The minimum Gasteiger partial charge on any atom is -0.396 e. The lowest BCUT2D eigenvalue weighted by molar-refractivity contribution is -0.138. The van der Waals surface area contributed by atoms with Gasteiger partial charge in [0.25, 0.3) is 0 Å². The number of aliphatic hydroxyl groups is 1. The van der Waals surface area contributed by atoms with Gasteiger partial charge in [0.2, 0.25) is 17.7 Å². The van der Waals surface area contributed by atoms with E-state index in [-0.39, 0.29) is 36.2 Å². The monoisotopic (exact) mass is 384 g/mol. The first-order valence-electron chi connectivity index (χ1n) is 10.4. The van der Waals surface area contributed by atoms with E-state index in [9.17, 15) is 19.5 Å². The van der Waals surface area contributed by atoms with Crippen LogP contribution in [0.5, 0.6) is 0 Å². The first kappa shape index (κ1) is 19.1. The zero-order chi connectivity index (χ0) is 19.7. The number of fused-ring (bicyclic) bond motifs is 1. The molecule has 0 bridgehead atoms. The number of amides is 3. The van der Waals surface area contributed by atoms with Gasteiger partial charge in [-0.1, -0.05) is 18.2 Å². The third-order valence-electron chi connectivity index (χ3n) is 6.65. The molecule has 2 heterocycles. The van der Waals surface area contributed by atoms with Gasteiger partial charge in [-0.25, -0.2) is 0 Å². The van der Waals surface area contributed by atoms with Crippen LogP contribution in [-0.4, -0.2) is 40.9 Å². The molecule has 4 rings (SSSR count). The van der Waals surface area contributed by atoms with Gasteiger partial charge in [0.05, 0.1) is 5.92 Å². The minimum absolute atomic E-state index is 0.0899. The SMILES string of the molecule is O=C1CC[C@H](c2ccc3c(c2)CCN(C(=O)C2CCC(CO)CC2)C3)C(=O)N1. The van der Waals surface area contributed by atoms with Crippen LogP contribution in [0.25, 0.3) is 0 Å². The van der Waals surface area contributed by atoms with Gasteiger partial charge < -0.3 is 10.0 Å². The van der Waals surface area contributed by atoms with Crippen LogP contribution in [0.3, 0.4) is 0 Å². The summed E-state index contributed by atoms with van der Waals surface area (Å²) in [4.78, 5) is 38.4. The summed E-state index contributed by atoms with van der Waals surface area (Å²) >= 11 is 0. The molecule has 1 saturated carbocycles. The fraction of sp³-hybridized carbons (Fsp3) is 0.591. The maximum absolute atomic E-state index is 12.9. The Morgan fingerprint density at radius 3 is 2.57 bits per heavy atom. The number of piperidine rings is 1. The molecule has 6 heteroatoms. The van der Waals surface area contributed by atoms with Crippen LogP contribution in [0.1, 0.15) is 61.1 Å². The van der Waals surface area contributed by atoms with Crippen LogP contribution in [0, 0.1) is 11.8 Å². The average molecular weight is 384 g/mol. The van der Waals surface area contributed by atoms with E-state index in [1.807, 2.05) is 17.0 Å². The number of carbonyl (C=O) groups excluding carboxylic acids is 3. The van der Waals surface area contributed by atoms with Crippen molar-refractivity contribution in [2.24, 2.45) is 11.8 Å². The molecule has 1 aliphatic carbocycles. The number of nitrogens with one attached hydrogen (secondary N) is 1. The summed E-state index contributed by atoms with van der Waals surface area (Å²) in [6.07, 6.45) is 5.37.